The van der Waals surface area contributed by atoms with Gasteiger partial charge in [0.1, 0.15) is 0 Å². The van der Waals surface area contributed by atoms with Crippen LogP contribution in [0.5, 0.6) is 0 Å². The van der Waals surface area contributed by atoms with E-state index in [0.717, 1.165) is 17.7 Å². The molecule has 0 fully saturated rings. The summed E-state index contributed by atoms with van der Waals surface area (Å²) in [5, 5.41) is 1.35. The minimum Gasteiger partial charge on any atom is -0.329 e. The molecule has 2 N–H and O–H groups in total. The summed E-state index contributed by atoms with van der Waals surface area (Å²) >= 11 is 12.3. The van der Waals surface area contributed by atoms with Crippen LogP contribution in [-0.4, -0.2) is 23.5 Å². The molecule has 0 amide bonds. The summed E-state index contributed by atoms with van der Waals surface area (Å²) in [4.78, 5) is 6.27. The fraction of sp³-hybridized carbons (Fsp3) is 0.267. The molecule has 0 saturated carbocycles. The number of hydrogen-bond donors (Lipinski definition) is 1. The third kappa shape index (κ3) is 3.70. The second-order valence-electron chi connectivity index (χ2n) is 4.69. The summed E-state index contributed by atoms with van der Waals surface area (Å²) in [5.41, 5.74) is 8.00. The van der Waals surface area contributed by atoms with E-state index in [1.807, 2.05) is 31.4 Å². The standard InChI is InChI=1S/C15H17Cl2N3/c1-20(10-11-3-2-6-19-9-11)15(8-18)13-7-12(16)4-5-14(13)17/h2-7,9,15H,8,10,18H2,1H3. The van der Waals surface area contributed by atoms with Gasteiger partial charge in [-0.3, -0.25) is 9.88 Å². The number of pyridine rings is 1. The molecule has 0 aliphatic heterocycles. The van der Waals surface area contributed by atoms with Crippen LogP contribution in [0.15, 0.2) is 42.7 Å². The van der Waals surface area contributed by atoms with E-state index in [1.54, 1.807) is 18.3 Å². The second kappa shape index (κ2) is 7.04. The van der Waals surface area contributed by atoms with Crippen LogP contribution < -0.4 is 5.73 Å². The monoisotopic (exact) mass is 309 g/mol. The van der Waals surface area contributed by atoms with Crippen molar-refractivity contribution in [3.63, 3.8) is 0 Å². The Bertz CT molecular complexity index is 560. The highest BCUT2D eigenvalue weighted by atomic mass is 35.5. The molecule has 0 bridgehead atoms. The van der Waals surface area contributed by atoms with Crippen molar-refractivity contribution < 1.29 is 0 Å². The molecule has 2 rings (SSSR count). The molecule has 20 heavy (non-hydrogen) atoms. The Morgan fingerprint density at radius 1 is 1.30 bits per heavy atom. The van der Waals surface area contributed by atoms with Crippen molar-refractivity contribution in [3.05, 3.63) is 63.9 Å². The van der Waals surface area contributed by atoms with Crippen LogP contribution >= 0.6 is 23.2 Å². The van der Waals surface area contributed by atoms with Crippen molar-refractivity contribution in [3.8, 4) is 0 Å². The molecular formula is C15H17Cl2N3. The topological polar surface area (TPSA) is 42.2 Å². The number of aromatic nitrogens is 1. The maximum atomic E-state index is 6.26. The summed E-state index contributed by atoms with van der Waals surface area (Å²) in [6, 6.07) is 9.44. The van der Waals surface area contributed by atoms with Crippen molar-refractivity contribution in [2.75, 3.05) is 13.6 Å². The van der Waals surface area contributed by atoms with Crippen molar-refractivity contribution in [1.29, 1.82) is 0 Å². The lowest BCUT2D eigenvalue weighted by Gasteiger charge is -2.28. The zero-order valence-electron chi connectivity index (χ0n) is 11.3. The number of rotatable bonds is 5. The predicted molar refractivity (Wildman–Crippen MR) is 84.0 cm³/mol. The van der Waals surface area contributed by atoms with Gasteiger partial charge in [0.15, 0.2) is 0 Å². The Balaban J connectivity index is 2.21. The SMILES string of the molecule is CN(Cc1cccnc1)C(CN)c1cc(Cl)ccc1Cl. The van der Waals surface area contributed by atoms with E-state index < -0.39 is 0 Å². The lowest BCUT2D eigenvalue weighted by atomic mass is 10.1. The average Bonchev–Trinajstić information content (AvgIpc) is 2.44. The van der Waals surface area contributed by atoms with Crippen LogP contribution in [0.1, 0.15) is 17.2 Å². The maximum absolute atomic E-state index is 6.26. The number of likely N-dealkylation sites (N-methyl/N-ethyl adjacent to an activating group) is 1. The molecule has 0 spiro atoms. The normalized spacial score (nSPS) is 12.7. The molecule has 0 aliphatic rings. The van der Waals surface area contributed by atoms with Crippen molar-refractivity contribution >= 4 is 23.2 Å². The minimum absolute atomic E-state index is 0.0152. The average molecular weight is 310 g/mol. The van der Waals surface area contributed by atoms with E-state index in [4.69, 9.17) is 28.9 Å². The molecule has 0 saturated heterocycles. The highest BCUT2D eigenvalue weighted by Gasteiger charge is 2.18. The highest BCUT2D eigenvalue weighted by Crippen LogP contribution is 2.29. The van der Waals surface area contributed by atoms with Crippen LogP contribution in [0.2, 0.25) is 10.0 Å². The summed E-state index contributed by atoms with van der Waals surface area (Å²) < 4.78 is 0. The Labute approximate surface area is 129 Å². The van der Waals surface area contributed by atoms with Gasteiger partial charge in [-0.15, -0.1) is 0 Å². The Morgan fingerprint density at radius 3 is 2.75 bits per heavy atom. The zero-order chi connectivity index (χ0) is 14.5. The molecule has 106 valence electrons. The molecule has 1 aromatic heterocycles. The molecule has 1 atom stereocenters. The molecule has 5 heteroatoms. The number of hydrogen-bond acceptors (Lipinski definition) is 3. The van der Waals surface area contributed by atoms with Gasteiger partial charge in [0.2, 0.25) is 0 Å². The van der Waals surface area contributed by atoms with E-state index in [-0.39, 0.29) is 6.04 Å². The van der Waals surface area contributed by atoms with Crippen molar-refractivity contribution in [2.24, 2.45) is 5.73 Å². The van der Waals surface area contributed by atoms with Crippen molar-refractivity contribution in [2.45, 2.75) is 12.6 Å². The third-order valence-corrected chi connectivity index (χ3v) is 3.81. The van der Waals surface area contributed by atoms with E-state index in [1.165, 1.54) is 0 Å². The highest BCUT2D eigenvalue weighted by molar-refractivity contribution is 6.33. The van der Waals surface area contributed by atoms with Crippen LogP contribution in [0.4, 0.5) is 0 Å². The summed E-state index contributed by atoms with van der Waals surface area (Å²) in [7, 11) is 2.02. The fourth-order valence-corrected chi connectivity index (χ4v) is 2.63. The molecular weight excluding hydrogens is 293 g/mol. The quantitative estimate of drug-likeness (QED) is 0.919. The Kier molecular flexibility index (Phi) is 5.38. The molecule has 1 aromatic carbocycles. The molecule has 2 aromatic rings. The van der Waals surface area contributed by atoms with E-state index in [0.29, 0.717) is 16.6 Å². The van der Waals surface area contributed by atoms with Gasteiger partial charge in [-0.2, -0.15) is 0 Å². The third-order valence-electron chi connectivity index (χ3n) is 3.23. The van der Waals surface area contributed by atoms with Gasteiger partial charge in [0.25, 0.3) is 0 Å². The molecule has 0 aliphatic carbocycles. The number of nitrogens with two attached hydrogens (primary N) is 1. The van der Waals surface area contributed by atoms with Crippen molar-refractivity contribution in [1.82, 2.24) is 9.88 Å². The van der Waals surface area contributed by atoms with Gasteiger partial charge >= 0.3 is 0 Å². The number of halogens is 2. The number of nitrogens with zero attached hydrogens (tertiary/aromatic N) is 2. The van der Waals surface area contributed by atoms with Gasteiger partial charge < -0.3 is 5.73 Å². The predicted octanol–water partition coefficient (Wildman–Crippen LogP) is 3.52. The van der Waals surface area contributed by atoms with Gasteiger partial charge in [0, 0.05) is 41.6 Å². The van der Waals surface area contributed by atoms with E-state index >= 15 is 0 Å². The first-order chi connectivity index (χ1) is 9.61. The Hall–Kier alpha value is -1.13. The second-order valence-corrected chi connectivity index (χ2v) is 5.54. The van der Waals surface area contributed by atoms with Gasteiger partial charge in [0.05, 0.1) is 0 Å². The molecule has 1 heterocycles. The number of benzene rings is 1. The smallest absolute Gasteiger partial charge is 0.0486 e. The molecule has 0 radical (unpaired) electrons. The minimum atomic E-state index is 0.0152. The fourth-order valence-electron chi connectivity index (χ4n) is 2.20. The van der Waals surface area contributed by atoms with Gasteiger partial charge in [-0.05, 0) is 42.4 Å². The van der Waals surface area contributed by atoms with Crippen LogP contribution in [0.25, 0.3) is 0 Å². The lowest BCUT2D eigenvalue weighted by Crippen LogP contribution is -2.30. The Morgan fingerprint density at radius 2 is 2.10 bits per heavy atom. The van der Waals surface area contributed by atoms with E-state index in [9.17, 15) is 0 Å². The zero-order valence-corrected chi connectivity index (χ0v) is 12.8. The summed E-state index contributed by atoms with van der Waals surface area (Å²) in [6.07, 6.45) is 3.61. The van der Waals surface area contributed by atoms with Crippen LogP contribution in [0.3, 0.4) is 0 Å². The summed E-state index contributed by atoms with van der Waals surface area (Å²) in [5.74, 6) is 0. The molecule has 3 nitrogen and oxygen atoms in total. The molecule has 1 unspecified atom stereocenters. The first-order valence-corrected chi connectivity index (χ1v) is 7.11. The maximum Gasteiger partial charge on any atom is 0.0486 e. The largest absolute Gasteiger partial charge is 0.329 e. The lowest BCUT2D eigenvalue weighted by molar-refractivity contribution is 0.241. The van der Waals surface area contributed by atoms with Crippen LogP contribution in [-0.2, 0) is 6.54 Å². The summed E-state index contributed by atoms with van der Waals surface area (Å²) in [6.45, 7) is 1.22. The van der Waals surface area contributed by atoms with Crippen LogP contribution in [0, 0.1) is 0 Å². The first-order valence-electron chi connectivity index (χ1n) is 6.36. The van der Waals surface area contributed by atoms with E-state index in [2.05, 4.69) is 9.88 Å². The van der Waals surface area contributed by atoms with Gasteiger partial charge in [-0.1, -0.05) is 29.3 Å². The van der Waals surface area contributed by atoms with Gasteiger partial charge in [-0.25, -0.2) is 0 Å². The first kappa shape index (κ1) is 15.3.